The number of nitrogens with one attached hydrogen (secondary N) is 2. The zero-order valence-electron chi connectivity index (χ0n) is 23.0. The summed E-state index contributed by atoms with van der Waals surface area (Å²) in [5.41, 5.74) is 2.54. The minimum atomic E-state index is -4.41. The summed E-state index contributed by atoms with van der Waals surface area (Å²) >= 11 is 0. The molecule has 1 spiro atoms. The lowest BCUT2D eigenvalue weighted by molar-refractivity contribution is -0.153. The zero-order chi connectivity index (χ0) is 27.7. The van der Waals surface area contributed by atoms with Gasteiger partial charge in [-0.25, -0.2) is 0 Å². The van der Waals surface area contributed by atoms with Crippen LogP contribution >= 0.6 is 0 Å². The van der Waals surface area contributed by atoms with Gasteiger partial charge in [-0.2, -0.15) is 13.2 Å². The number of carbonyl (C=O) groups is 1. The zero-order valence-corrected chi connectivity index (χ0v) is 23.0. The first-order valence-corrected chi connectivity index (χ1v) is 14.9. The summed E-state index contributed by atoms with van der Waals surface area (Å²) in [6.07, 6.45) is 3.63. The Balaban J connectivity index is 1.29. The summed E-state index contributed by atoms with van der Waals surface area (Å²) in [7, 11) is 0. The molecule has 2 aromatic carbocycles. The van der Waals surface area contributed by atoms with Crippen LogP contribution in [0.4, 0.5) is 13.2 Å². The Bertz CT molecular complexity index is 1180. The molecule has 2 N–H and O–H groups in total. The SMILES string of the molecule is O=C([C@H]1CNC[C@]12CNCc1c(OCC(F)(F)F)cccc12)N1CC[C@@H](c2ccccc2)C[C@H]1C1CCCCC1. The highest BCUT2D eigenvalue weighted by Gasteiger charge is 2.53. The molecule has 2 aromatic rings. The third-order valence-electron chi connectivity index (χ3n) is 9.95. The smallest absolute Gasteiger partial charge is 0.422 e. The van der Waals surface area contributed by atoms with Crippen LogP contribution < -0.4 is 15.4 Å². The molecule has 4 aliphatic rings. The van der Waals surface area contributed by atoms with Crippen LogP contribution in [-0.4, -0.2) is 55.8 Å². The molecule has 1 amide bonds. The van der Waals surface area contributed by atoms with E-state index in [1.807, 2.05) is 6.07 Å². The molecule has 3 fully saturated rings. The number of likely N-dealkylation sites (tertiary alicyclic amines) is 1. The first-order chi connectivity index (χ1) is 19.4. The van der Waals surface area contributed by atoms with E-state index in [1.54, 1.807) is 12.1 Å². The van der Waals surface area contributed by atoms with Gasteiger partial charge in [-0.1, -0.05) is 61.7 Å². The minimum Gasteiger partial charge on any atom is -0.484 e. The van der Waals surface area contributed by atoms with Crippen molar-refractivity contribution in [2.24, 2.45) is 11.8 Å². The molecule has 6 rings (SSSR count). The van der Waals surface area contributed by atoms with Crippen molar-refractivity contribution in [2.45, 2.75) is 75.0 Å². The predicted molar refractivity (Wildman–Crippen MR) is 148 cm³/mol. The van der Waals surface area contributed by atoms with Gasteiger partial charge in [0, 0.05) is 49.7 Å². The average Bonchev–Trinajstić information content (AvgIpc) is 3.40. The normalized spacial score (nSPS) is 29.4. The number of fused-ring (bicyclic) bond motifs is 2. The first kappa shape index (κ1) is 27.6. The van der Waals surface area contributed by atoms with Gasteiger partial charge in [0.25, 0.3) is 0 Å². The van der Waals surface area contributed by atoms with Crippen LogP contribution in [0.2, 0.25) is 0 Å². The predicted octanol–water partition coefficient (Wildman–Crippen LogP) is 5.54. The van der Waals surface area contributed by atoms with Crippen molar-refractivity contribution in [3.8, 4) is 5.75 Å². The van der Waals surface area contributed by atoms with E-state index in [4.69, 9.17) is 4.74 Å². The van der Waals surface area contributed by atoms with Gasteiger partial charge < -0.3 is 20.3 Å². The van der Waals surface area contributed by atoms with E-state index in [2.05, 4.69) is 45.9 Å². The minimum absolute atomic E-state index is 0.198. The largest absolute Gasteiger partial charge is 0.484 e. The van der Waals surface area contributed by atoms with E-state index in [1.165, 1.54) is 37.7 Å². The number of hydrogen-bond acceptors (Lipinski definition) is 4. The monoisotopic (exact) mass is 555 g/mol. The van der Waals surface area contributed by atoms with Gasteiger partial charge in [0.2, 0.25) is 5.91 Å². The molecule has 40 heavy (non-hydrogen) atoms. The maximum Gasteiger partial charge on any atom is 0.422 e. The fourth-order valence-electron chi connectivity index (χ4n) is 8.03. The van der Waals surface area contributed by atoms with E-state index in [0.29, 0.717) is 38.0 Å². The van der Waals surface area contributed by atoms with E-state index in [9.17, 15) is 18.0 Å². The summed E-state index contributed by atoms with van der Waals surface area (Å²) in [5, 5.41) is 6.92. The first-order valence-electron chi connectivity index (χ1n) is 14.9. The Kier molecular flexibility index (Phi) is 7.83. The number of ether oxygens (including phenoxy) is 1. The van der Waals surface area contributed by atoms with Crippen LogP contribution in [0.15, 0.2) is 48.5 Å². The maximum absolute atomic E-state index is 14.6. The van der Waals surface area contributed by atoms with Gasteiger partial charge >= 0.3 is 6.18 Å². The second-order valence-corrected chi connectivity index (χ2v) is 12.3. The van der Waals surface area contributed by atoms with Gasteiger partial charge in [-0.3, -0.25) is 4.79 Å². The Labute approximate surface area is 234 Å². The number of rotatable bonds is 5. The molecule has 1 saturated carbocycles. The molecule has 0 aromatic heterocycles. The summed E-state index contributed by atoms with van der Waals surface area (Å²) in [5.74, 6) is 1.15. The maximum atomic E-state index is 14.6. The molecule has 1 aliphatic carbocycles. The molecule has 0 unspecified atom stereocenters. The van der Waals surface area contributed by atoms with Crippen molar-refractivity contribution >= 4 is 5.91 Å². The van der Waals surface area contributed by atoms with E-state index in [0.717, 1.165) is 30.5 Å². The molecule has 3 heterocycles. The van der Waals surface area contributed by atoms with Crippen LogP contribution in [0.5, 0.6) is 5.75 Å². The highest BCUT2D eigenvalue weighted by molar-refractivity contribution is 5.82. The molecule has 0 radical (unpaired) electrons. The van der Waals surface area contributed by atoms with Crippen molar-refractivity contribution in [3.63, 3.8) is 0 Å². The summed E-state index contributed by atoms with van der Waals surface area (Å²) in [4.78, 5) is 16.8. The number of amides is 1. The van der Waals surface area contributed by atoms with Crippen molar-refractivity contribution in [2.75, 3.05) is 32.8 Å². The van der Waals surface area contributed by atoms with Crippen molar-refractivity contribution in [1.29, 1.82) is 0 Å². The van der Waals surface area contributed by atoms with Crippen molar-refractivity contribution < 1.29 is 22.7 Å². The highest BCUT2D eigenvalue weighted by atomic mass is 19.4. The molecule has 216 valence electrons. The highest BCUT2D eigenvalue weighted by Crippen LogP contribution is 2.45. The second-order valence-electron chi connectivity index (χ2n) is 12.3. The third-order valence-corrected chi connectivity index (χ3v) is 9.95. The number of carbonyl (C=O) groups excluding carboxylic acids is 1. The second kappa shape index (κ2) is 11.4. The molecular formula is C32H40F3N3O2. The van der Waals surface area contributed by atoms with E-state index < -0.39 is 18.2 Å². The lowest BCUT2D eigenvalue weighted by Crippen LogP contribution is -2.57. The summed E-state index contributed by atoms with van der Waals surface area (Å²) in [6.45, 7) is 1.65. The number of benzene rings is 2. The van der Waals surface area contributed by atoms with Crippen LogP contribution in [0, 0.1) is 11.8 Å². The van der Waals surface area contributed by atoms with Gasteiger partial charge in [0.05, 0.1) is 5.92 Å². The quantitative estimate of drug-likeness (QED) is 0.509. The van der Waals surface area contributed by atoms with Gasteiger partial charge in [-0.15, -0.1) is 0 Å². The Morgan fingerprint density at radius 1 is 0.975 bits per heavy atom. The number of piperidine rings is 1. The van der Waals surface area contributed by atoms with Gasteiger partial charge in [-0.05, 0) is 54.7 Å². The van der Waals surface area contributed by atoms with Gasteiger partial charge in [0.15, 0.2) is 6.61 Å². The lowest BCUT2D eigenvalue weighted by Gasteiger charge is -2.48. The topological polar surface area (TPSA) is 53.6 Å². The van der Waals surface area contributed by atoms with Crippen molar-refractivity contribution in [3.05, 3.63) is 65.2 Å². The Morgan fingerprint density at radius 2 is 1.75 bits per heavy atom. The summed E-state index contributed by atoms with van der Waals surface area (Å²) in [6, 6.07) is 16.3. The molecule has 4 atom stereocenters. The van der Waals surface area contributed by atoms with E-state index >= 15 is 0 Å². The van der Waals surface area contributed by atoms with Crippen LogP contribution in [0.1, 0.15) is 67.6 Å². The number of alkyl halides is 3. The van der Waals surface area contributed by atoms with Crippen LogP contribution in [-0.2, 0) is 16.8 Å². The molecular weight excluding hydrogens is 515 g/mol. The average molecular weight is 556 g/mol. The molecule has 5 nitrogen and oxygen atoms in total. The fraction of sp³-hybridized carbons (Fsp3) is 0.594. The summed E-state index contributed by atoms with van der Waals surface area (Å²) < 4.78 is 44.2. The Morgan fingerprint density at radius 3 is 2.52 bits per heavy atom. The van der Waals surface area contributed by atoms with Crippen LogP contribution in [0.3, 0.4) is 0 Å². The number of hydrogen-bond donors (Lipinski definition) is 2. The van der Waals surface area contributed by atoms with Crippen LogP contribution in [0.25, 0.3) is 0 Å². The Hall–Kier alpha value is -2.58. The lowest BCUT2D eigenvalue weighted by atomic mass is 9.67. The fourth-order valence-corrected chi connectivity index (χ4v) is 8.03. The van der Waals surface area contributed by atoms with E-state index in [-0.39, 0.29) is 23.6 Å². The standard InChI is InChI=1S/C32H40F3N3O2/c33-32(34,35)21-40-29-13-7-12-26-25(29)17-36-19-31(26)20-37-18-27(31)30(39)38-15-14-24(22-8-3-1-4-9-22)16-28(38)23-10-5-2-6-11-23/h1,3-4,7-9,12-13,23-24,27-28,36-37H,2,5-6,10-11,14-21H2/t24-,27-,28+,31+/m1/s1. The third kappa shape index (κ3) is 5.37. The molecule has 2 saturated heterocycles. The molecule has 0 bridgehead atoms. The molecule has 3 aliphatic heterocycles. The molecule has 8 heteroatoms. The van der Waals surface area contributed by atoms with Crippen molar-refractivity contribution in [1.82, 2.24) is 15.5 Å². The number of nitrogens with zero attached hydrogens (tertiary/aromatic N) is 1. The number of halogens is 3. The van der Waals surface area contributed by atoms with Gasteiger partial charge in [0.1, 0.15) is 5.75 Å².